The fraction of sp³-hybridized carbons (Fsp3) is 0.333. The van der Waals surface area contributed by atoms with Crippen molar-refractivity contribution < 1.29 is 14.4 Å². The molecule has 2 aromatic rings. The van der Waals surface area contributed by atoms with Gasteiger partial charge in [-0.05, 0) is 30.2 Å². The lowest BCUT2D eigenvalue weighted by atomic mass is 9.82. The van der Waals surface area contributed by atoms with Gasteiger partial charge < -0.3 is 15.5 Å². The summed E-state index contributed by atoms with van der Waals surface area (Å²) in [4.78, 5) is 41.8. The van der Waals surface area contributed by atoms with E-state index < -0.39 is 11.8 Å². The van der Waals surface area contributed by atoms with E-state index in [0.29, 0.717) is 12.2 Å². The van der Waals surface area contributed by atoms with Gasteiger partial charge in [0.25, 0.3) is 5.91 Å². The molecular weight excluding hydrogens is 356 g/mol. The molecule has 0 bridgehead atoms. The predicted octanol–water partition coefficient (Wildman–Crippen LogP) is 2.12. The number of pyridine rings is 1. The fourth-order valence-corrected chi connectivity index (χ4v) is 2.85. The first-order valence-electron chi connectivity index (χ1n) is 8.95. The van der Waals surface area contributed by atoms with Crippen molar-refractivity contribution in [3.63, 3.8) is 0 Å². The van der Waals surface area contributed by atoms with Crippen LogP contribution in [0.2, 0.25) is 0 Å². The van der Waals surface area contributed by atoms with Crippen molar-refractivity contribution >= 4 is 23.4 Å². The highest BCUT2D eigenvalue weighted by molar-refractivity contribution is 6.39. The molecule has 28 heavy (non-hydrogen) atoms. The number of hydrogen-bond acceptors (Lipinski definition) is 4. The Morgan fingerprint density at radius 2 is 1.75 bits per heavy atom. The van der Waals surface area contributed by atoms with Gasteiger partial charge in [-0.3, -0.25) is 19.4 Å². The molecule has 2 N–H and O–H groups in total. The van der Waals surface area contributed by atoms with Gasteiger partial charge >= 0.3 is 11.8 Å². The Kier molecular flexibility index (Phi) is 6.51. The molecule has 0 radical (unpaired) electrons. The number of nitrogens with one attached hydrogen (secondary N) is 2. The van der Waals surface area contributed by atoms with Crippen LogP contribution in [0.4, 0.5) is 5.69 Å². The summed E-state index contributed by atoms with van der Waals surface area (Å²) in [7, 11) is 3.22. The summed E-state index contributed by atoms with van der Waals surface area (Å²) in [6.45, 7) is 6.34. The predicted molar refractivity (Wildman–Crippen MR) is 108 cm³/mol. The van der Waals surface area contributed by atoms with Crippen LogP contribution in [-0.2, 0) is 15.0 Å². The van der Waals surface area contributed by atoms with Crippen molar-refractivity contribution in [3.8, 4) is 0 Å². The first-order valence-corrected chi connectivity index (χ1v) is 8.95. The molecule has 0 aliphatic rings. The minimum Gasteiger partial charge on any atom is -0.347 e. The van der Waals surface area contributed by atoms with Crippen LogP contribution < -0.4 is 10.6 Å². The maximum atomic E-state index is 12.2. The third kappa shape index (κ3) is 5.16. The number of anilines is 1. The Morgan fingerprint density at radius 1 is 1.07 bits per heavy atom. The molecule has 0 aliphatic carbocycles. The van der Waals surface area contributed by atoms with Crippen LogP contribution in [0.5, 0.6) is 0 Å². The van der Waals surface area contributed by atoms with E-state index in [4.69, 9.17) is 0 Å². The molecular formula is C21H26N4O3. The summed E-state index contributed by atoms with van der Waals surface area (Å²) in [5.41, 5.74) is 2.42. The van der Waals surface area contributed by atoms with Gasteiger partial charge in [-0.1, -0.05) is 38.1 Å². The molecule has 0 unspecified atom stereocenters. The van der Waals surface area contributed by atoms with Crippen molar-refractivity contribution in [1.82, 2.24) is 15.2 Å². The van der Waals surface area contributed by atoms with Crippen molar-refractivity contribution in [2.75, 3.05) is 26.0 Å². The molecule has 0 fully saturated rings. The highest BCUT2D eigenvalue weighted by atomic mass is 16.2. The summed E-state index contributed by atoms with van der Waals surface area (Å²) in [6.07, 6.45) is 1.41. The molecule has 3 amide bonds. The zero-order valence-electron chi connectivity index (χ0n) is 16.9. The maximum absolute atomic E-state index is 12.2. The third-order valence-electron chi connectivity index (χ3n) is 4.41. The molecule has 1 heterocycles. The highest BCUT2D eigenvalue weighted by Gasteiger charge is 2.24. The molecule has 0 saturated heterocycles. The second kappa shape index (κ2) is 8.65. The van der Waals surface area contributed by atoms with Crippen molar-refractivity contribution in [3.05, 3.63) is 59.4 Å². The number of carbonyl (C=O) groups is 3. The minimum atomic E-state index is -0.796. The Morgan fingerprint density at radius 3 is 2.39 bits per heavy atom. The standard InChI is InChI=1S/C21H26N4O3/c1-14-8-6-7-9-16(14)21(2,3)13-23-18(26)19(27)24-15-10-11-22-17(12-15)20(28)25(4)5/h6-12H,13H2,1-5H3,(H,23,26)(H,22,24,27). The topological polar surface area (TPSA) is 91.4 Å². The van der Waals surface area contributed by atoms with E-state index in [9.17, 15) is 14.4 Å². The van der Waals surface area contributed by atoms with Gasteiger partial charge in [0.15, 0.2) is 0 Å². The smallest absolute Gasteiger partial charge is 0.313 e. The molecule has 0 saturated carbocycles. The summed E-state index contributed by atoms with van der Waals surface area (Å²) in [6, 6.07) is 10.9. The number of nitrogens with zero attached hydrogens (tertiary/aromatic N) is 2. The Balaban J connectivity index is 2.00. The van der Waals surface area contributed by atoms with Gasteiger partial charge in [0.1, 0.15) is 5.69 Å². The van der Waals surface area contributed by atoms with Gasteiger partial charge in [0.2, 0.25) is 0 Å². The van der Waals surface area contributed by atoms with Gasteiger partial charge in [-0.25, -0.2) is 0 Å². The third-order valence-corrected chi connectivity index (χ3v) is 4.41. The lowest BCUT2D eigenvalue weighted by molar-refractivity contribution is -0.136. The number of aromatic nitrogens is 1. The molecule has 0 spiro atoms. The first-order chi connectivity index (χ1) is 13.1. The highest BCUT2D eigenvalue weighted by Crippen LogP contribution is 2.25. The largest absolute Gasteiger partial charge is 0.347 e. The van der Waals surface area contributed by atoms with E-state index >= 15 is 0 Å². The summed E-state index contributed by atoms with van der Waals surface area (Å²) in [5.74, 6) is -1.82. The van der Waals surface area contributed by atoms with Crippen LogP contribution in [-0.4, -0.2) is 48.2 Å². The average molecular weight is 382 g/mol. The number of hydrogen-bond donors (Lipinski definition) is 2. The zero-order chi connectivity index (χ0) is 20.9. The van der Waals surface area contributed by atoms with Crippen LogP contribution >= 0.6 is 0 Å². The maximum Gasteiger partial charge on any atom is 0.313 e. The van der Waals surface area contributed by atoms with Gasteiger partial charge in [0.05, 0.1) is 0 Å². The fourth-order valence-electron chi connectivity index (χ4n) is 2.85. The number of aryl methyl sites for hydroxylation is 1. The summed E-state index contributed by atoms with van der Waals surface area (Å²) < 4.78 is 0. The van der Waals surface area contributed by atoms with Gasteiger partial charge in [-0.15, -0.1) is 0 Å². The second-order valence-corrected chi connectivity index (χ2v) is 7.46. The SMILES string of the molecule is Cc1ccccc1C(C)(C)CNC(=O)C(=O)Nc1ccnc(C(=O)N(C)C)c1. The van der Waals surface area contributed by atoms with Crippen LogP contribution in [0.15, 0.2) is 42.6 Å². The molecule has 1 aromatic heterocycles. The van der Waals surface area contributed by atoms with E-state index in [2.05, 4.69) is 15.6 Å². The van der Waals surface area contributed by atoms with Crippen LogP contribution in [0.1, 0.15) is 35.5 Å². The lowest BCUT2D eigenvalue weighted by Gasteiger charge is -2.27. The van der Waals surface area contributed by atoms with E-state index in [-0.39, 0.29) is 17.0 Å². The molecule has 0 atom stereocenters. The van der Waals surface area contributed by atoms with E-state index in [1.165, 1.54) is 23.2 Å². The quantitative estimate of drug-likeness (QED) is 0.775. The van der Waals surface area contributed by atoms with E-state index in [0.717, 1.165) is 11.1 Å². The van der Waals surface area contributed by atoms with Crippen molar-refractivity contribution in [2.24, 2.45) is 0 Å². The van der Waals surface area contributed by atoms with Crippen LogP contribution in [0.25, 0.3) is 0 Å². The van der Waals surface area contributed by atoms with Crippen LogP contribution in [0, 0.1) is 6.92 Å². The summed E-state index contributed by atoms with van der Waals surface area (Å²) in [5, 5.41) is 5.18. The molecule has 7 heteroatoms. The number of rotatable bonds is 5. The molecule has 2 rings (SSSR count). The van der Waals surface area contributed by atoms with E-state index in [1.807, 2.05) is 45.0 Å². The monoisotopic (exact) mass is 382 g/mol. The average Bonchev–Trinajstić information content (AvgIpc) is 2.65. The van der Waals surface area contributed by atoms with Crippen molar-refractivity contribution in [2.45, 2.75) is 26.2 Å². The first kappa shape index (κ1) is 21.1. The Bertz CT molecular complexity index is 891. The molecule has 0 aliphatic heterocycles. The van der Waals surface area contributed by atoms with Gasteiger partial charge in [-0.2, -0.15) is 0 Å². The second-order valence-electron chi connectivity index (χ2n) is 7.46. The molecule has 7 nitrogen and oxygen atoms in total. The van der Waals surface area contributed by atoms with E-state index in [1.54, 1.807) is 14.1 Å². The lowest BCUT2D eigenvalue weighted by Crippen LogP contribution is -2.42. The van der Waals surface area contributed by atoms with Gasteiger partial charge in [0, 0.05) is 37.9 Å². The van der Waals surface area contributed by atoms with Crippen LogP contribution in [0.3, 0.4) is 0 Å². The molecule has 1 aromatic carbocycles. The van der Waals surface area contributed by atoms with Crippen molar-refractivity contribution in [1.29, 1.82) is 0 Å². The Labute approximate surface area is 165 Å². The zero-order valence-corrected chi connectivity index (χ0v) is 16.9. The number of amides is 3. The summed E-state index contributed by atoms with van der Waals surface area (Å²) >= 11 is 0. The number of carbonyl (C=O) groups excluding carboxylic acids is 3. The molecule has 148 valence electrons. The normalized spacial score (nSPS) is 10.9. The minimum absolute atomic E-state index is 0.184. The Hall–Kier alpha value is -3.22. The number of benzene rings is 1.